The van der Waals surface area contributed by atoms with Crippen molar-refractivity contribution in [3.8, 4) is 22.3 Å². The van der Waals surface area contributed by atoms with E-state index in [2.05, 4.69) is 91.0 Å². The molecule has 0 N–H and O–H groups in total. The summed E-state index contributed by atoms with van der Waals surface area (Å²) in [5, 5.41) is 0. The largest absolute Gasteiger partial charge is 2.00 e. The normalized spacial score (nSPS) is 27.5. The van der Waals surface area contributed by atoms with Gasteiger partial charge >= 0.3 is 31.4 Å². The zero-order chi connectivity index (χ0) is 49.4. The first-order valence-corrected chi connectivity index (χ1v) is 25.5. The Morgan fingerprint density at radius 2 is 0.972 bits per heavy atom. The zero-order valence-corrected chi connectivity index (χ0v) is 46.2. The van der Waals surface area contributed by atoms with E-state index in [0.29, 0.717) is 63.9 Å². The van der Waals surface area contributed by atoms with E-state index < -0.39 is 0 Å². The van der Waals surface area contributed by atoms with Crippen molar-refractivity contribution in [3.05, 3.63) is 160 Å². The van der Waals surface area contributed by atoms with E-state index in [9.17, 15) is 9.59 Å². The minimum atomic E-state index is -0.275. The number of benzene rings is 3. The SMILES string of the molecule is CC1=N/C(=C\c2[n-]c(C)c(C(=O)OC3C(C)CC(C)CC3C)c2-c2ccccc2)C2C=CC=CC12.CC1=N/C(=C\c2[n-]c(C)c(C(=O)OC3C(C)CC(C)CC3C)c2-c2ccccc2)c2ccccc21.[Zn+2]. The number of allylic oxidation sites excluding steroid dienone is 4. The fourth-order valence-corrected chi connectivity index (χ4v) is 12.4. The van der Waals surface area contributed by atoms with Crippen LogP contribution in [0.3, 0.4) is 0 Å². The topological polar surface area (TPSA) is 106 Å². The Kier molecular flexibility index (Phi) is 15.8. The van der Waals surface area contributed by atoms with Crippen LogP contribution >= 0.6 is 0 Å². The van der Waals surface area contributed by atoms with Crippen molar-refractivity contribution in [2.24, 2.45) is 57.3 Å². The van der Waals surface area contributed by atoms with E-state index in [1.54, 1.807) is 0 Å². The smallest absolute Gasteiger partial charge is 0.660 e. The van der Waals surface area contributed by atoms with Gasteiger partial charge in [-0.3, -0.25) is 9.98 Å². The number of hydrogen-bond donors (Lipinski definition) is 0. The maximum atomic E-state index is 13.7. The predicted molar refractivity (Wildman–Crippen MR) is 285 cm³/mol. The fourth-order valence-electron chi connectivity index (χ4n) is 12.4. The summed E-state index contributed by atoms with van der Waals surface area (Å²) in [6.07, 6.45) is 16.9. The third-order valence-electron chi connectivity index (χ3n) is 15.4. The second-order valence-electron chi connectivity index (χ2n) is 21.1. The number of carbonyl (C=O) groups excluding carboxylic acids is 2. The molecule has 0 bridgehead atoms. The molecule has 2 aromatic heterocycles. The second kappa shape index (κ2) is 21.8. The van der Waals surface area contributed by atoms with Crippen LogP contribution in [0.4, 0.5) is 0 Å². The molecule has 71 heavy (non-hydrogen) atoms. The zero-order valence-electron chi connectivity index (χ0n) is 43.3. The van der Waals surface area contributed by atoms with Gasteiger partial charge in [-0.2, -0.15) is 0 Å². The first-order valence-electron chi connectivity index (χ1n) is 25.5. The molecule has 5 aromatic rings. The molecule has 0 saturated heterocycles. The summed E-state index contributed by atoms with van der Waals surface area (Å²) in [7, 11) is 0. The summed E-state index contributed by atoms with van der Waals surface area (Å²) in [5.74, 6) is 2.68. The molecular formula is C62H68N4O4Zn. The van der Waals surface area contributed by atoms with Crippen molar-refractivity contribution in [3.63, 3.8) is 0 Å². The summed E-state index contributed by atoms with van der Waals surface area (Å²) in [4.78, 5) is 46.8. The van der Waals surface area contributed by atoms with Gasteiger partial charge < -0.3 is 19.4 Å². The van der Waals surface area contributed by atoms with Gasteiger partial charge in [-0.15, -0.1) is 22.8 Å². The van der Waals surface area contributed by atoms with Gasteiger partial charge in [0.05, 0.1) is 5.70 Å². The van der Waals surface area contributed by atoms with Crippen LogP contribution in [-0.2, 0) is 29.0 Å². The van der Waals surface area contributed by atoms with Crippen LogP contribution in [-0.4, -0.2) is 35.6 Å². The van der Waals surface area contributed by atoms with Gasteiger partial charge in [0.25, 0.3) is 0 Å². The van der Waals surface area contributed by atoms with Crippen molar-refractivity contribution in [1.82, 2.24) is 9.97 Å². The van der Waals surface area contributed by atoms with Crippen molar-refractivity contribution in [1.29, 1.82) is 0 Å². The quantitative estimate of drug-likeness (QED) is 0.113. The van der Waals surface area contributed by atoms with E-state index in [1.165, 1.54) is 0 Å². The molecule has 3 aliphatic carbocycles. The average Bonchev–Trinajstić information content (AvgIpc) is 4.05. The number of aryl methyl sites for hydroxylation is 2. The predicted octanol–water partition coefficient (Wildman–Crippen LogP) is 14.2. The number of hydrogen-bond acceptors (Lipinski definition) is 6. The molecule has 6 atom stereocenters. The summed E-state index contributed by atoms with van der Waals surface area (Å²) < 4.78 is 12.5. The molecule has 2 fully saturated rings. The standard InChI is InChI=1S/C31H36N2O2.C31H34N2O2.Zn/c2*1-18-15-19(2)30(20(3)16-18)35-31(34)28-22(5)33-27(29(28)23-11-7-6-8-12-23)17-26-25-14-10-9-13-24(25)21(4)32-26;/h6-14,17-20,24-25,30H,15-16H2,1-5H3,(H,33,34);6-14,17-20,30H,15-16H2,1-5H3,(H,32,33,34);/q;;+2/p-2/b26-17-;;. The van der Waals surface area contributed by atoms with Gasteiger partial charge in [0.15, 0.2) is 0 Å². The molecule has 8 nitrogen and oxygen atoms in total. The molecule has 0 amide bonds. The Balaban J connectivity index is 0.000000188. The van der Waals surface area contributed by atoms with Crippen molar-refractivity contribution < 1.29 is 38.5 Å². The molecule has 9 heteroatoms. The maximum Gasteiger partial charge on any atom is 2.00 e. The first kappa shape index (κ1) is 51.4. The van der Waals surface area contributed by atoms with Gasteiger partial charge in [0.2, 0.25) is 0 Å². The van der Waals surface area contributed by atoms with Crippen LogP contribution < -0.4 is 9.97 Å². The van der Waals surface area contributed by atoms with Gasteiger partial charge in [-0.1, -0.05) is 171 Å². The summed E-state index contributed by atoms with van der Waals surface area (Å²) in [6, 6.07) is 28.3. The van der Waals surface area contributed by atoms with Crippen LogP contribution in [0.5, 0.6) is 0 Å². The number of carbonyl (C=O) groups is 2. The summed E-state index contributed by atoms with van der Waals surface area (Å²) in [6.45, 7) is 21.3. The average molecular weight is 999 g/mol. The Morgan fingerprint density at radius 3 is 1.45 bits per heavy atom. The number of esters is 2. The second-order valence-corrected chi connectivity index (χ2v) is 21.1. The van der Waals surface area contributed by atoms with Gasteiger partial charge in [-0.05, 0) is 103 Å². The van der Waals surface area contributed by atoms with Gasteiger partial charge in [0.1, 0.15) is 12.2 Å². The van der Waals surface area contributed by atoms with Gasteiger partial charge in [-0.25, -0.2) is 9.59 Å². The molecule has 6 unspecified atom stereocenters. The molecule has 2 saturated carbocycles. The van der Waals surface area contributed by atoms with E-state index in [4.69, 9.17) is 29.4 Å². The Bertz CT molecular complexity index is 2930. The summed E-state index contributed by atoms with van der Waals surface area (Å²) in [5.41, 5.74) is 13.9. The molecular weight excluding hydrogens is 930 g/mol. The number of aromatic nitrogens is 2. The Morgan fingerprint density at radius 1 is 0.549 bits per heavy atom. The number of rotatable bonds is 8. The fraction of sp³-hybridized carbons (Fsp3) is 0.387. The third kappa shape index (κ3) is 10.7. The van der Waals surface area contributed by atoms with E-state index in [0.717, 1.165) is 93.3 Å². The minimum absolute atomic E-state index is 0. The van der Waals surface area contributed by atoms with Gasteiger partial charge in [0, 0.05) is 51.2 Å². The molecule has 0 radical (unpaired) electrons. The van der Waals surface area contributed by atoms with Crippen LogP contribution in [0.1, 0.15) is 136 Å². The molecule has 4 heterocycles. The van der Waals surface area contributed by atoms with E-state index >= 15 is 0 Å². The molecule has 5 aliphatic rings. The number of fused-ring (bicyclic) bond motifs is 2. The first-order chi connectivity index (χ1) is 33.7. The molecule has 3 aromatic carbocycles. The van der Waals surface area contributed by atoms with Crippen molar-refractivity contribution >= 4 is 41.2 Å². The van der Waals surface area contributed by atoms with E-state index in [1.807, 2.05) is 99.6 Å². The minimum Gasteiger partial charge on any atom is -0.660 e. The number of nitrogens with zero attached hydrogens (tertiary/aromatic N) is 4. The van der Waals surface area contributed by atoms with Crippen LogP contribution in [0, 0.1) is 61.2 Å². The maximum absolute atomic E-state index is 13.7. The van der Waals surface area contributed by atoms with Crippen LogP contribution in [0.2, 0.25) is 0 Å². The molecule has 10 rings (SSSR count). The number of aliphatic imine (C=N–C) groups is 2. The Hall–Kier alpha value is -5.92. The van der Waals surface area contributed by atoms with Crippen LogP contribution in [0.25, 0.3) is 40.1 Å². The Labute approximate surface area is 434 Å². The van der Waals surface area contributed by atoms with Crippen molar-refractivity contribution in [2.75, 3.05) is 0 Å². The van der Waals surface area contributed by atoms with Crippen molar-refractivity contribution in [2.45, 2.75) is 107 Å². The molecule has 0 spiro atoms. The third-order valence-corrected chi connectivity index (χ3v) is 15.4. The molecule has 2 aliphatic heterocycles. The monoisotopic (exact) mass is 996 g/mol. The number of ether oxygens (including phenoxy) is 2. The van der Waals surface area contributed by atoms with Crippen LogP contribution in [0.15, 0.2) is 125 Å². The molecule has 362 valence electrons. The summed E-state index contributed by atoms with van der Waals surface area (Å²) >= 11 is 0. The van der Waals surface area contributed by atoms with E-state index in [-0.39, 0.29) is 49.5 Å².